The molecule has 0 atom stereocenters. The number of pyridine rings is 2. The SMILES string of the molecule is Cc1cc(N(C)CCc2ccncc2)cnc1N. The van der Waals surface area contributed by atoms with Gasteiger partial charge < -0.3 is 10.6 Å². The van der Waals surface area contributed by atoms with Gasteiger partial charge >= 0.3 is 0 Å². The first-order chi connectivity index (χ1) is 8.66. The molecule has 0 aliphatic heterocycles. The highest BCUT2D eigenvalue weighted by Gasteiger charge is 2.04. The minimum Gasteiger partial charge on any atom is -0.383 e. The van der Waals surface area contributed by atoms with Crippen molar-refractivity contribution in [2.45, 2.75) is 13.3 Å². The van der Waals surface area contributed by atoms with E-state index in [1.807, 2.05) is 37.6 Å². The van der Waals surface area contributed by atoms with Gasteiger partial charge in [-0.25, -0.2) is 4.98 Å². The van der Waals surface area contributed by atoms with Gasteiger partial charge in [0, 0.05) is 26.0 Å². The van der Waals surface area contributed by atoms with Crippen molar-refractivity contribution in [2.24, 2.45) is 0 Å². The van der Waals surface area contributed by atoms with Crippen LogP contribution in [0.15, 0.2) is 36.8 Å². The minimum atomic E-state index is 0.598. The molecule has 0 aliphatic carbocycles. The molecular formula is C14H18N4. The first-order valence-corrected chi connectivity index (χ1v) is 5.99. The molecular weight excluding hydrogens is 224 g/mol. The van der Waals surface area contributed by atoms with E-state index in [-0.39, 0.29) is 0 Å². The van der Waals surface area contributed by atoms with E-state index in [4.69, 9.17) is 5.73 Å². The third-order valence-electron chi connectivity index (χ3n) is 3.03. The van der Waals surface area contributed by atoms with E-state index in [9.17, 15) is 0 Å². The Bertz CT molecular complexity index is 510. The molecule has 2 heterocycles. The Balaban J connectivity index is 1.99. The number of aromatic nitrogens is 2. The number of nitrogens with zero attached hydrogens (tertiary/aromatic N) is 3. The molecule has 0 radical (unpaired) electrons. The second kappa shape index (κ2) is 5.49. The van der Waals surface area contributed by atoms with Crippen LogP contribution in [-0.2, 0) is 6.42 Å². The molecule has 0 bridgehead atoms. The number of anilines is 2. The molecule has 0 saturated carbocycles. The Morgan fingerprint density at radius 1 is 1.28 bits per heavy atom. The fourth-order valence-corrected chi connectivity index (χ4v) is 1.75. The largest absolute Gasteiger partial charge is 0.383 e. The van der Waals surface area contributed by atoms with Crippen LogP contribution in [0.2, 0.25) is 0 Å². The fraction of sp³-hybridized carbons (Fsp3) is 0.286. The predicted octanol–water partition coefficient (Wildman–Crippen LogP) is 2.05. The molecule has 0 amide bonds. The second-order valence-electron chi connectivity index (χ2n) is 4.42. The Labute approximate surface area is 107 Å². The maximum Gasteiger partial charge on any atom is 0.126 e. The van der Waals surface area contributed by atoms with Crippen LogP contribution in [0.1, 0.15) is 11.1 Å². The molecule has 0 unspecified atom stereocenters. The average Bonchev–Trinajstić information content (AvgIpc) is 2.40. The summed E-state index contributed by atoms with van der Waals surface area (Å²) in [6, 6.07) is 6.15. The molecule has 0 aromatic carbocycles. The zero-order valence-electron chi connectivity index (χ0n) is 10.8. The number of nitrogen functional groups attached to an aromatic ring is 1. The van der Waals surface area contributed by atoms with E-state index in [0.717, 1.165) is 24.2 Å². The first kappa shape index (κ1) is 12.4. The maximum absolute atomic E-state index is 5.72. The Morgan fingerprint density at radius 2 is 2.00 bits per heavy atom. The molecule has 0 saturated heterocycles. The van der Waals surface area contributed by atoms with E-state index in [1.165, 1.54) is 5.56 Å². The van der Waals surface area contributed by atoms with Crippen molar-refractivity contribution in [1.29, 1.82) is 0 Å². The van der Waals surface area contributed by atoms with Gasteiger partial charge in [-0.15, -0.1) is 0 Å². The van der Waals surface area contributed by atoms with E-state index in [0.29, 0.717) is 5.82 Å². The fourth-order valence-electron chi connectivity index (χ4n) is 1.75. The van der Waals surface area contributed by atoms with Crippen molar-refractivity contribution >= 4 is 11.5 Å². The summed E-state index contributed by atoms with van der Waals surface area (Å²) in [6.07, 6.45) is 6.45. The van der Waals surface area contributed by atoms with Gasteiger partial charge in [0.25, 0.3) is 0 Å². The smallest absolute Gasteiger partial charge is 0.126 e. The van der Waals surface area contributed by atoms with Crippen molar-refractivity contribution in [3.05, 3.63) is 47.9 Å². The number of aryl methyl sites for hydroxylation is 1. The van der Waals surface area contributed by atoms with E-state index < -0.39 is 0 Å². The van der Waals surface area contributed by atoms with Crippen LogP contribution in [0.4, 0.5) is 11.5 Å². The average molecular weight is 242 g/mol. The molecule has 2 N–H and O–H groups in total. The lowest BCUT2D eigenvalue weighted by atomic mass is 10.2. The predicted molar refractivity (Wildman–Crippen MR) is 74.6 cm³/mol. The van der Waals surface area contributed by atoms with Gasteiger partial charge in [0.2, 0.25) is 0 Å². The Hall–Kier alpha value is -2.10. The van der Waals surface area contributed by atoms with Crippen molar-refractivity contribution in [3.63, 3.8) is 0 Å². The van der Waals surface area contributed by atoms with Gasteiger partial charge in [-0.05, 0) is 42.7 Å². The standard InChI is InChI=1S/C14H18N4/c1-11-9-13(10-17-14(11)15)18(2)8-5-12-3-6-16-7-4-12/h3-4,6-7,9-10H,5,8H2,1-2H3,(H2,15,17). The Kier molecular flexibility index (Phi) is 3.77. The zero-order valence-corrected chi connectivity index (χ0v) is 10.8. The number of hydrogen-bond donors (Lipinski definition) is 1. The van der Waals surface area contributed by atoms with E-state index in [2.05, 4.69) is 28.0 Å². The van der Waals surface area contributed by atoms with Gasteiger partial charge in [-0.3, -0.25) is 4.98 Å². The quantitative estimate of drug-likeness (QED) is 0.891. The molecule has 18 heavy (non-hydrogen) atoms. The third-order valence-corrected chi connectivity index (χ3v) is 3.03. The van der Waals surface area contributed by atoms with E-state index >= 15 is 0 Å². The Morgan fingerprint density at radius 3 is 2.67 bits per heavy atom. The van der Waals surface area contributed by atoms with E-state index in [1.54, 1.807) is 0 Å². The topological polar surface area (TPSA) is 55.0 Å². The van der Waals surface area contributed by atoms with Crippen LogP contribution >= 0.6 is 0 Å². The lowest BCUT2D eigenvalue weighted by Gasteiger charge is -2.19. The molecule has 0 spiro atoms. The van der Waals surface area contributed by atoms with Crippen LogP contribution in [0.5, 0.6) is 0 Å². The molecule has 94 valence electrons. The monoisotopic (exact) mass is 242 g/mol. The minimum absolute atomic E-state index is 0.598. The summed E-state index contributed by atoms with van der Waals surface area (Å²) in [7, 11) is 2.06. The summed E-state index contributed by atoms with van der Waals surface area (Å²) in [6.45, 7) is 2.91. The van der Waals surface area contributed by atoms with Crippen molar-refractivity contribution in [2.75, 3.05) is 24.2 Å². The van der Waals surface area contributed by atoms with Crippen molar-refractivity contribution < 1.29 is 0 Å². The van der Waals surface area contributed by atoms with Crippen molar-refractivity contribution in [1.82, 2.24) is 9.97 Å². The van der Waals surface area contributed by atoms with Gasteiger partial charge in [-0.1, -0.05) is 0 Å². The summed E-state index contributed by atoms with van der Waals surface area (Å²) in [5, 5.41) is 0. The number of hydrogen-bond acceptors (Lipinski definition) is 4. The summed E-state index contributed by atoms with van der Waals surface area (Å²) in [5.74, 6) is 0.598. The molecule has 0 fully saturated rings. The summed E-state index contributed by atoms with van der Waals surface area (Å²) >= 11 is 0. The normalized spacial score (nSPS) is 10.3. The molecule has 4 nitrogen and oxygen atoms in total. The lowest BCUT2D eigenvalue weighted by molar-refractivity contribution is 0.871. The third kappa shape index (κ3) is 2.97. The second-order valence-corrected chi connectivity index (χ2v) is 4.42. The molecule has 2 aromatic heterocycles. The zero-order chi connectivity index (χ0) is 13.0. The van der Waals surface area contributed by atoms with Crippen LogP contribution in [0.3, 0.4) is 0 Å². The molecule has 4 heteroatoms. The van der Waals surface area contributed by atoms with Gasteiger partial charge in [0.05, 0.1) is 11.9 Å². The summed E-state index contributed by atoms with van der Waals surface area (Å²) in [5.41, 5.74) is 9.12. The molecule has 0 aliphatic rings. The highest BCUT2D eigenvalue weighted by Crippen LogP contribution is 2.17. The van der Waals surface area contributed by atoms with Crippen molar-refractivity contribution in [3.8, 4) is 0 Å². The molecule has 2 aromatic rings. The first-order valence-electron chi connectivity index (χ1n) is 5.99. The van der Waals surface area contributed by atoms with Crippen LogP contribution in [0.25, 0.3) is 0 Å². The lowest BCUT2D eigenvalue weighted by Crippen LogP contribution is -2.20. The summed E-state index contributed by atoms with van der Waals surface area (Å²) < 4.78 is 0. The summed E-state index contributed by atoms with van der Waals surface area (Å²) in [4.78, 5) is 10.4. The highest BCUT2D eigenvalue weighted by molar-refractivity contribution is 5.52. The van der Waals surface area contributed by atoms with Gasteiger partial charge in [0.1, 0.15) is 5.82 Å². The number of nitrogens with two attached hydrogens (primary N) is 1. The van der Waals surface area contributed by atoms with Crippen LogP contribution in [0, 0.1) is 6.92 Å². The molecule has 2 rings (SSSR count). The van der Waals surface area contributed by atoms with Crippen LogP contribution < -0.4 is 10.6 Å². The number of rotatable bonds is 4. The number of likely N-dealkylation sites (N-methyl/N-ethyl adjacent to an activating group) is 1. The maximum atomic E-state index is 5.72. The highest BCUT2D eigenvalue weighted by atomic mass is 15.1. The van der Waals surface area contributed by atoms with Gasteiger partial charge in [-0.2, -0.15) is 0 Å². The van der Waals surface area contributed by atoms with Gasteiger partial charge in [0.15, 0.2) is 0 Å². The van der Waals surface area contributed by atoms with Crippen LogP contribution in [-0.4, -0.2) is 23.6 Å².